The van der Waals surface area contributed by atoms with Crippen molar-refractivity contribution in [1.29, 1.82) is 0 Å². The lowest BCUT2D eigenvalue weighted by atomic mass is 9.97. The highest BCUT2D eigenvalue weighted by atomic mass is 17.3. The molecular weight excluding hydrogens is 404 g/mol. The van der Waals surface area contributed by atoms with Crippen LogP contribution >= 0.6 is 0 Å². The summed E-state index contributed by atoms with van der Waals surface area (Å²) in [6, 6.07) is 0. The van der Waals surface area contributed by atoms with E-state index in [4.69, 9.17) is 29.4 Å². The number of rotatable bonds is 7. The van der Waals surface area contributed by atoms with Crippen LogP contribution in [-0.4, -0.2) is 42.1 Å². The topological polar surface area (TPSA) is 101 Å². The van der Waals surface area contributed by atoms with Crippen molar-refractivity contribution in [2.75, 3.05) is 13.2 Å². The Hall–Kier alpha value is -1.22. The molecule has 0 radical (unpaired) electrons. The van der Waals surface area contributed by atoms with Crippen molar-refractivity contribution in [3.8, 4) is 0 Å². The molecule has 0 aromatic heterocycles. The van der Waals surface area contributed by atoms with Gasteiger partial charge in [-0.1, -0.05) is 44.9 Å². The molecular formula is C23H40O8. The molecule has 31 heavy (non-hydrogen) atoms. The lowest BCUT2D eigenvalue weighted by molar-refractivity contribution is -0.531. The van der Waals surface area contributed by atoms with Gasteiger partial charge in [0.15, 0.2) is 0 Å². The van der Waals surface area contributed by atoms with Gasteiger partial charge < -0.3 is 9.84 Å². The fourth-order valence-electron chi connectivity index (χ4n) is 4.04. The summed E-state index contributed by atoms with van der Waals surface area (Å²) in [4.78, 5) is 45.0. The van der Waals surface area contributed by atoms with Crippen LogP contribution in [0.3, 0.4) is 0 Å². The van der Waals surface area contributed by atoms with Crippen LogP contribution < -0.4 is 0 Å². The maximum Gasteiger partial charge on any atom is 0.306 e. The average Bonchev–Trinajstić information content (AvgIpc) is 2.70. The Labute approximate surface area is 185 Å². The van der Waals surface area contributed by atoms with Crippen molar-refractivity contribution in [3.63, 3.8) is 0 Å². The molecule has 180 valence electrons. The normalized spacial score (nSPS) is 23.0. The van der Waals surface area contributed by atoms with E-state index in [1.165, 1.54) is 44.9 Å². The van der Waals surface area contributed by atoms with Gasteiger partial charge in [0.05, 0.1) is 32.2 Å². The second kappa shape index (κ2) is 14.8. The number of hydrogen-bond donors (Lipinski definition) is 1. The third kappa shape index (κ3) is 11.3. The first-order valence-corrected chi connectivity index (χ1v) is 12.0. The molecule has 0 aromatic rings. The van der Waals surface area contributed by atoms with Crippen molar-refractivity contribution < 1.29 is 39.0 Å². The molecule has 0 bridgehead atoms. The summed E-state index contributed by atoms with van der Waals surface area (Å²) in [7, 11) is 0. The van der Waals surface area contributed by atoms with Gasteiger partial charge in [-0.15, -0.1) is 0 Å². The van der Waals surface area contributed by atoms with Crippen LogP contribution in [0.15, 0.2) is 0 Å². The standard InChI is InChI=1S/C23H40O8/c1-19(29-22(26)14-13-21(24)25)11-12-20-17-27-30-23(31-28-18-20)15-9-7-5-3-2-4-6-8-10-16-23/h19-20H,2-18H2,1H3,(H,24,25). The largest absolute Gasteiger partial charge is 0.481 e. The van der Waals surface area contributed by atoms with Gasteiger partial charge in [-0.3, -0.25) is 9.59 Å². The Kier molecular flexibility index (Phi) is 12.4. The highest BCUT2D eigenvalue weighted by Gasteiger charge is 2.37. The maximum atomic E-state index is 11.6. The quantitative estimate of drug-likeness (QED) is 0.428. The summed E-state index contributed by atoms with van der Waals surface area (Å²) < 4.78 is 5.26. The molecule has 2 rings (SSSR count). The number of carbonyl (C=O) groups excluding carboxylic acids is 1. The van der Waals surface area contributed by atoms with Crippen molar-refractivity contribution in [2.45, 2.75) is 115 Å². The zero-order chi connectivity index (χ0) is 22.4. The molecule has 1 heterocycles. The molecule has 1 saturated carbocycles. The lowest BCUT2D eigenvalue weighted by Gasteiger charge is -2.34. The first kappa shape index (κ1) is 26.0. The van der Waals surface area contributed by atoms with Crippen molar-refractivity contribution in [2.24, 2.45) is 5.92 Å². The molecule has 8 heteroatoms. The molecule has 2 fully saturated rings. The molecule has 1 unspecified atom stereocenters. The number of aliphatic carboxylic acids is 1. The van der Waals surface area contributed by atoms with Crippen LogP contribution in [0.2, 0.25) is 0 Å². The highest BCUT2D eigenvalue weighted by Crippen LogP contribution is 2.32. The molecule has 8 nitrogen and oxygen atoms in total. The van der Waals surface area contributed by atoms with Gasteiger partial charge in [0.2, 0.25) is 5.79 Å². The molecule has 1 aliphatic carbocycles. The molecule has 0 aromatic carbocycles. The zero-order valence-electron chi connectivity index (χ0n) is 19.0. The summed E-state index contributed by atoms with van der Waals surface area (Å²) in [5.74, 6) is -2.26. The minimum atomic E-state index is -1.01. The fourth-order valence-corrected chi connectivity index (χ4v) is 4.04. The minimum Gasteiger partial charge on any atom is -0.481 e. The Balaban J connectivity index is 1.72. The second-order valence-electron chi connectivity index (χ2n) is 8.97. The van der Waals surface area contributed by atoms with E-state index in [9.17, 15) is 9.59 Å². The van der Waals surface area contributed by atoms with Gasteiger partial charge in [-0.05, 0) is 32.6 Å². The summed E-state index contributed by atoms with van der Waals surface area (Å²) in [5.41, 5.74) is 0. The molecule has 1 N–H and O–H groups in total. The molecule has 1 spiro atoms. The van der Waals surface area contributed by atoms with E-state index in [-0.39, 0.29) is 24.9 Å². The molecule has 0 amide bonds. The molecule has 1 saturated heterocycles. The van der Waals surface area contributed by atoms with Crippen LogP contribution in [0.1, 0.15) is 103 Å². The van der Waals surface area contributed by atoms with Gasteiger partial charge in [0.25, 0.3) is 0 Å². The number of carbonyl (C=O) groups is 2. The second-order valence-corrected chi connectivity index (χ2v) is 8.97. The van der Waals surface area contributed by atoms with E-state index < -0.39 is 17.7 Å². The lowest BCUT2D eigenvalue weighted by Crippen LogP contribution is -2.40. The zero-order valence-corrected chi connectivity index (χ0v) is 19.0. The average molecular weight is 445 g/mol. The van der Waals surface area contributed by atoms with Gasteiger partial charge in [-0.2, -0.15) is 9.78 Å². The van der Waals surface area contributed by atoms with Gasteiger partial charge in [0.1, 0.15) is 0 Å². The summed E-state index contributed by atoms with van der Waals surface area (Å²) >= 11 is 0. The molecule has 1 aliphatic heterocycles. The van der Waals surface area contributed by atoms with Crippen LogP contribution in [0, 0.1) is 5.92 Å². The van der Waals surface area contributed by atoms with Crippen LogP contribution in [0.5, 0.6) is 0 Å². The molecule has 1 atom stereocenters. The van der Waals surface area contributed by atoms with Crippen LogP contribution in [0.25, 0.3) is 0 Å². The summed E-state index contributed by atoms with van der Waals surface area (Å²) in [6.45, 7) is 2.59. The summed E-state index contributed by atoms with van der Waals surface area (Å²) in [6.07, 6.45) is 13.1. The third-order valence-electron chi connectivity index (χ3n) is 6.00. The fraction of sp³-hybridized carbons (Fsp3) is 0.913. The van der Waals surface area contributed by atoms with Crippen molar-refractivity contribution in [1.82, 2.24) is 0 Å². The monoisotopic (exact) mass is 444 g/mol. The maximum absolute atomic E-state index is 11.6. The summed E-state index contributed by atoms with van der Waals surface area (Å²) in [5, 5.41) is 8.63. The number of esters is 1. The van der Waals surface area contributed by atoms with Gasteiger partial charge in [0, 0.05) is 18.8 Å². The third-order valence-corrected chi connectivity index (χ3v) is 6.00. The Bertz CT molecular complexity index is 500. The Morgan fingerprint density at radius 2 is 1.42 bits per heavy atom. The van der Waals surface area contributed by atoms with E-state index in [1.807, 2.05) is 0 Å². The smallest absolute Gasteiger partial charge is 0.306 e. The van der Waals surface area contributed by atoms with E-state index in [1.54, 1.807) is 6.92 Å². The molecule has 2 aliphatic rings. The van der Waals surface area contributed by atoms with E-state index in [0.717, 1.165) is 25.7 Å². The first-order valence-electron chi connectivity index (χ1n) is 12.0. The highest BCUT2D eigenvalue weighted by molar-refractivity contribution is 5.76. The van der Waals surface area contributed by atoms with Crippen molar-refractivity contribution in [3.05, 3.63) is 0 Å². The number of carboxylic acids is 1. The first-order chi connectivity index (χ1) is 15.0. The predicted molar refractivity (Wildman–Crippen MR) is 113 cm³/mol. The SMILES string of the molecule is CC(CCC1COOC2(CCCCCCCCCCC2)OOC1)OC(=O)CCC(=O)O. The van der Waals surface area contributed by atoms with E-state index >= 15 is 0 Å². The predicted octanol–water partition coefficient (Wildman–Crippen LogP) is 5.09. The number of hydrogen-bond acceptors (Lipinski definition) is 7. The number of carboxylic acid groups (broad SMARTS) is 1. The Morgan fingerprint density at radius 1 is 0.903 bits per heavy atom. The minimum absolute atomic E-state index is 0.0590. The van der Waals surface area contributed by atoms with Gasteiger partial charge >= 0.3 is 11.9 Å². The Morgan fingerprint density at radius 3 is 1.94 bits per heavy atom. The van der Waals surface area contributed by atoms with E-state index in [2.05, 4.69) is 0 Å². The van der Waals surface area contributed by atoms with Gasteiger partial charge in [-0.25, -0.2) is 9.78 Å². The van der Waals surface area contributed by atoms with E-state index in [0.29, 0.717) is 26.1 Å². The van der Waals surface area contributed by atoms with Crippen LogP contribution in [-0.2, 0) is 33.9 Å². The number of ether oxygens (including phenoxy) is 1. The van der Waals surface area contributed by atoms with Crippen LogP contribution in [0.4, 0.5) is 0 Å². The van der Waals surface area contributed by atoms with Crippen molar-refractivity contribution >= 4 is 11.9 Å².